The Balaban J connectivity index is 1.39. The molecule has 5 nitrogen and oxygen atoms in total. The Kier molecular flexibility index (Phi) is 5.15. The summed E-state index contributed by atoms with van der Waals surface area (Å²) in [6.45, 7) is -0.519. The molecule has 0 aromatic heterocycles. The molecule has 2 saturated heterocycles. The molecule has 0 bridgehead atoms. The molecule has 2 aliphatic rings. The Bertz CT molecular complexity index is 773. The molecule has 0 aliphatic carbocycles. The maximum atomic E-state index is 6.06. The van der Waals surface area contributed by atoms with E-state index in [2.05, 4.69) is 0 Å². The lowest BCUT2D eigenvalue weighted by molar-refractivity contribution is -0.249. The van der Waals surface area contributed by atoms with Crippen molar-refractivity contribution in [2.24, 2.45) is 5.41 Å². The van der Waals surface area contributed by atoms with Gasteiger partial charge in [-0.2, -0.15) is 0 Å². The van der Waals surface area contributed by atoms with Gasteiger partial charge in [0.05, 0.1) is 39.0 Å². The second-order valence-electron chi connectivity index (χ2n) is 6.61. The van der Waals surface area contributed by atoms with E-state index in [1.807, 2.05) is 54.6 Å². The van der Waals surface area contributed by atoms with E-state index in [0.717, 1.165) is 16.6 Å². The molecular weight excluding hydrogens is 371 g/mol. The fourth-order valence-corrected chi connectivity index (χ4v) is 5.46. The highest BCUT2D eigenvalue weighted by Gasteiger charge is 2.44. The Morgan fingerprint density at radius 2 is 1.54 bits per heavy atom. The topological polar surface area (TPSA) is 46.2 Å². The first kappa shape index (κ1) is 18.1. The third-order valence-corrected chi connectivity index (χ3v) is 7.76. The van der Waals surface area contributed by atoms with E-state index in [0.29, 0.717) is 26.4 Å². The lowest BCUT2D eigenvalue weighted by Crippen LogP contribution is -2.48. The van der Waals surface area contributed by atoms with Crippen molar-refractivity contribution in [1.82, 2.24) is 0 Å². The molecule has 2 heterocycles. The highest BCUT2D eigenvalue weighted by molar-refractivity contribution is 8.13. The highest BCUT2D eigenvalue weighted by Crippen LogP contribution is 2.54. The summed E-state index contributed by atoms with van der Waals surface area (Å²) in [4.78, 5) is 0. The second-order valence-corrected chi connectivity index (χ2v) is 10.1. The average Bonchev–Trinajstić information content (AvgIpc) is 2.72. The normalized spacial score (nSPS) is 31.7. The third kappa shape index (κ3) is 3.58. The second kappa shape index (κ2) is 7.39. The van der Waals surface area contributed by atoms with E-state index in [1.54, 1.807) is 7.11 Å². The first-order chi connectivity index (χ1) is 12.6. The standard InChI is InChI=1S/C19H21O5PS/c1-20-16-7-9-17(10-8-16)25(26)23-13-19(14-24-25)11-21-18(22-12-19)15-5-3-2-4-6-15/h2-10,18H,11-14H2,1H3. The van der Waals surface area contributed by atoms with Crippen molar-refractivity contribution in [2.75, 3.05) is 33.5 Å². The van der Waals surface area contributed by atoms with Crippen LogP contribution in [0.1, 0.15) is 11.9 Å². The van der Waals surface area contributed by atoms with Crippen molar-refractivity contribution in [2.45, 2.75) is 6.29 Å². The van der Waals surface area contributed by atoms with Crippen molar-refractivity contribution < 1.29 is 23.3 Å². The molecule has 0 N–H and O–H groups in total. The summed E-state index contributed by atoms with van der Waals surface area (Å²) in [7, 11) is 1.64. The van der Waals surface area contributed by atoms with Gasteiger partial charge < -0.3 is 23.3 Å². The van der Waals surface area contributed by atoms with Crippen LogP contribution in [-0.4, -0.2) is 33.5 Å². The maximum Gasteiger partial charge on any atom is 0.219 e. The van der Waals surface area contributed by atoms with Crippen molar-refractivity contribution in [3.63, 3.8) is 0 Å². The van der Waals surface area contributed by atoms with E-state index in [1.165, 1.54) is 0 Å². The summed E-state index contributed by atoms with van der Waals surface area (Å²) in [5.41, 5.74) is 0.711. The van der Waals surface area contributed by atoms with E-state index in [-0.39, 0.29) is 11.7 Å². The zero-order valence-corrected chi connectivity index (χ0v) is 16.2. The molecule has 2 fully saturated rings. The Labute approximate surface area is 158 Å². The van der Waals surface area contributed by atoms with Crippen LogP contribution in [0.4, 0.5) is 0 Å². The molecular formula is C19H21O5PS. The summed E-state index contributed by atoms with van der Waals surface area (Å²) >= 11 is 5.70. The monoisotopic (exact) mass is 392 g/mol. The minimum Gasteiger partial charge on any atom is -0.497 e. The molecule has 0 amide bonds. The molecule has 0 saturated carbocycles. The van der Waals surface area contributed by atoms with Crippen LogP contribution < -0.4 is 10.0 Å². The van der Waals surface area contributed by atoms with Crippen LogP contribution >= 0.6 is 6.49 Å². The van der Waals surface area contributed by atoms with Gasteiger partial charge in [-0.05, 0) is 36.1 Å². The van der Waals surface area contributed by atoms with Crippen molar-refractivity contribution in [3.8, 4) is 5.75 Å². The van der Waals surface area contributed by atoms with Gasteiger partial charge in [-0.25, -0.2) is 0 Å². The smallest absolute Gasteiger partial charge is 0.219 e. The predicted molar refractivity (Wildman–Crippen MR) is 102 cm³/mol. The van der Waals surface area contributed by atoms with E-state index in [4.69, 9.17) is 35.1 Å². The number of methoxy groups -OCH3 is 1. The van der Waals surface area contributed by atoms with Gasteiger partial charge in [-0.3, -0.25) is 0 Å². The van der Waals surface area contributed by atoms with Crippen molar-refractivity contribution >= 4 is 23.6 Å². The highest BCUT2D eigenvalue weighted by atomic mass is 32.5. The van der Waals surface area contributed by atoms with Gasteiger partial charge in [0.1, 0.15) is 5.75 Å². The van der Waals surface area contributed by atoms with Crippen LogP contribution in [0, 0.1) is 5.41 Å². The quantitative estimate of drug-likeness (QED) is 0.746. The van der Waals surface area contributed by atoms with E-state index < -0.39 is 6.49 Å². The first-order valence-electron chi connectivity index (χ1n) is 8.44. The SMILES string of the molecule is COc1ccc(P2(=S)OCC3(COC(c4ccccc4)OC3)CO2)cc1. The summed E-state index contributed by atoms with van der Waals surface area (Å²) in [5.74, 6) is 0.782. The van der Waals surface area contributed by atoms with Crippen molar-refractivity contribution in [1.29, 1.82) is 0 Å². The molecule has 7 heteroatoms. The minimum atomic E-state index is -2.50. The lowest BCUT2D eigenvalue weighted by atomic mass is 9.91. The van der Waals surface area contributed by atoms with Crippen LogP contribution in [0.3, 0.4) is 0 Å². The molecule has 0 unspecified atom stereocenters. The summed E-state index contributed by atoms with van der Waals surface area (Å²) < 4.78 is 29.2. The number of benzene rings is 2. The molecule has 0 atom stereocenters. The van der Waals surface area contributed by atoms with E-state index >= 15 is 0 Å². The number of rotatable bonds is 3. The van der Waals surface area contributed by atoms with Gasteiger partial charge in [-0.1, -0.05) is 30.3 Å². The third-order valence-electron chi connectivity index (χ3n) is 4.62. The number of ether oxygens (including phenoxy) is 3. The zero-order chi connectivity index (χ0) is 18.0. The molecule has 2 aliphatic heterocycles. The molecule has 0 radical (unpaired) electrons. The number of hydrogen-bond donors (Lipinski definition) is 0. The molecule has 1 spiro atoms. The van der Waals surface area contributed by atoms with Gasteiger partial charge in [-0.15, -0.1) is 0 Å². The summed E-state index contributed by atoms with van der Waals surface area (Å²) in [6, 6.07) is 17.5. The lowest BCUT2D eigenvalue weighted by Gasteiger charge is -2.44. The largest absolute Gasteiger partial charge is 0.497 e. The van der Waals surface area contributed by atoms with Gasteiger partial charge >= 0.3 is 0 Å². The molecule has 26 heavy (non-hydrogen) atoms. The van der Waals surface area contributed by atoms with Crippen LogP contribution in [0.15, 0.2) is 54.6 Å². The van der Waals surface area contributed by atoms with Gasteiger partial charge in [0, 0.05) is 10.9 Å². The van der Waals surface area contributed by atoms with Gasteiger partial charge in [0.2, 0.25) is 6.49 Å². The summed E-state index contributed by atoms with van der Waals surface area (Å²) in [6.07, 6.45) is -0.339. The molecule has 138 valence electrons. The summed E-state index contributed by atoms with van der Waals surface area (Å²) in [5, 5.41) is 0.892. The van der Waals surface area contributed by atoms with Crippen LogP contribution in [0.2, 0.25) is 0 Å². The first-order valence-corrected chi connectivity index (χ1v) is 11.1. The molecule has 4 rings (SSSR count). The maximum absolute atomic E-state index is 6.06. The predicted octanol–water partition coefficient (Wildman–Crippen LogP) is 3.41. The van der Waals surface area contributed by atoms with E-state index in [9.17, 15) is 0 Å². The van der Waals surface area contributed by atoms with Gasteiger partial charge in [0.25, 0.3) is 0 Å². The zero-order valence-electron chi connectivity index (χ0n) is 14.5. The van der Waals surface area contributed by atoms with Crippen molar-refractivity contribution in [3.05, 3.63) is 60.2 Å². The Morgan fingerprint density at radius 3 is 2.12 bits per heavy atom. The average molecular weight is 392 g/mol. The van der Waals surface area contributed by atoms with Crippen LogP contribution in [-0.2, 0) is 30.3 Å². The Morgan fingerprint density at radius 1 is 0.923 bits per heavy atom. The fourth-order valence-electron chi connectivity index (χ4n) is 3.00. The molecule has 2 aromatic rings. The van der Waals surface area contributed by atoms with Crippen LogP contribution in [0.25, 0.3) is 0 Å². The fraction of sp³-hybridized carbons (Fsp3) is 0.368. The molecule has 2 aromatic carbocycles. The van der Waals surface area contributed by atoms with Crippen LogP contribution in [0.5, 0.6) is 5.75 Å². The number of hydrogen-bond acceptors (Lipinski definition) is 6. The minimum absolute atomic E-state index is 0.305. The Hall–Kier alpha value is -1.27. The van der Waals surface area contributed by atoms with Gasteiger partial charge in [0.15, 0.2) is 6.29 Å².